The Labute approximate surface area is 127 Å². The number of nitrogens with two attached hydrogens (primary N) is 1. The van der Waals surface area contributed by atoms with Gasteiger partial charge in [-0.3, -0.25) is 4.79 Å². The summed E-state index contributed by atoms with van der Waals surface area (Å²) >= 11 is 0. The van der Waals surface area contributed by atoms with Crippen LogP contribution >= 0.6 is 0 Å². The van der Waals surface area contributed by atoms with Crippen LogP contribution in [0.2, 0.25) is 0 Å². The summed E-state index contributed by atoms with van der Waals surface area (Å²) in [5.74, 6) is 0.0644. The van der Waals surface area contributed by atoms with Gasteiger partial charge in [-0.05, 0) is 37.0 Å². The fourth-order valence-electron chi connectivity index (χ4n) is 1.74. The van der Waals surface area contributed by atoms with Crippen molar-refractivity contribution in [2.75, 3.05) is 6.54 Å². The van der Waals surface area contributed by atoms with Crippen molar-refractivity contribution in [3.63, 3.8) is 0 Å². The summed E-state index contributed by atoms with van der Waals surface area (Å²) in [6, 6.07) is 6.50. The van der Waals surface area contributed by atoms with E-state index in [0.29, 0.717) is 6.54 Å². The van der Waals surface area contributed by atoms with Crippen molar-refractivity contribution in [3.8, 4) is 0 Å². The molecule has 0 radical (unpaired) electrons. The van der Waals surface area contributed by atoms with E-state index in [1.807, 2.05) is 20.8 Å². The minimum absolute atomic E-state index is 0.0644. The van der Waals surface area contributed by atoms with Gasteiger partial charge in [0.25, 0.3) is 0 Å². The van der Waals surface area contributed by atoms with Gasteiger partial charge in [-0.15, -0.1) is 0 Å². The summed E-state index contributed by atoms with van der Waals surface area (Å²) in [5.41, 5.74) is 0.684. The highest BCUT2D eigenvalue weighted by Gasteiger charge is 2.24. The predicted octanol–water partition coefficient (Wildman–Crippen LogP) is 1.82. The number of sulfonamides is 1. The van der Waals surface area contributed by atoms with E-state index in [4.69, 9.17) is 5.14 Å². The maximum absolute atomic E-state index is 11.9. The van der Waals surface area contributed by atoms with Crippen molar-refractivity contribution in [3.05, 3.63) is 29.8 Å². The monoisotopic (exact) mass is 312 g/mol. The molecule has 0 saturated carbocycles. The molecule has 0 aliphatic heterocycles. The molecule has 0 unspecified atom stereocenters. The fourth-order valence-corrected chi connectivity index (χ4v) is 2.26. The molecule has 0 aliphatic rings. The minimum atomic E-state index is -3.63. The first-order valence-electron chi connectivity index (χ1n) is 7.07. The molecule has 0 bridgehead atoms. The third kappa shape index (κ3) is 5.47. The second-order valence-corrected chi connectivity index (χ2v) is 7.35. The van der Waals surface area contributed by atoms with Crippen LogP contribution in [0.25, 0.3) is 0 Å². The zero-order valence-electron chi connectivity index (χ0n) is 12.8. The van der Waals surface area contributed by atoms with Gasteiger partial charge in [0.15, 0.2) is 0 Å². The quantitative estimate of drug-likeness (QED) is 0.753. The van der Waals surface area contributed by atoms with Gasteiger partial charge in [-0.25, -0.2) is 13.6 Å². The van der Waals surface area contributed by atoms with Crippen LogP contribution in [0.4, 0.5) is 0 Å². The zero-order chi connectivity index (χ0) is 16.1. The summed E-state index contributed by atoms with van der Waals surface area (Å²) in [4.78, 5) is 12.0. The van der Waals surface area contributed by atoms with Crippen LogP contribution in [-0.4, -0.2) is 20.9 Å². The molecular formula is C15H24N2O3S. The number of hydrogen-bond acceptors (Lipinski definition) is 3. The predicted molar refractivity (Wildman–Crippen MR) is 83.2 cm³/mol. The number of amides is 1. The molecule has 1 rings (SSSR count). The minimum Gasteiger partial charge on any atom is -0.356 e. The van der Waals surface area contributed by atoms with E-state index < -0.39 is 10.0 Å². The van der Waals surface area contributed by atoms with Gasteiger partial charge in [-0.1, -0.05) is 32.9 Å². The molecule has 1 aromatic carbocycles. The van der Waals surface area contributed by atoms with E-state index >= 15 is 0 Å². The largest absolute Gasteiger partial charge is 0.356 e. The highest BCUT2D eigenvalue weighted by atomic mass is 32.2. The third-order valence-electron chi connectivity index (χ3n) is 3.68. The van der Waals surface area contributed by atoms with Gasteiger partial charge in [0.05, 0.1) is 4.90 Å². The normalized spacial score (nSPS) is 12.2. The summed E-state index contributed by atoms with van der Waals surface area (Å²) in [6.07, 6.45) is 2.38. The maximum Gasteiger partial charge on any atom is 0.238 e. The molecule has 1 aromatic rings. The van der Waals surface area contributed by atoms with Gasteiger partial charge in [0.2, 0.25) is 15.9 Å². The zero-order valence-corrected chi connectivity index (χ0v) is 13.7. The van der Waals surface area contributed by atoms with Crippen LogP contribution in [0.1, 0.15) is 39.2 Å². The molecule has 0 saturated heterocycles. The molecule has 5 nitrogen and oxygen atoms in total. The van der Waals surface area contributed by atoms with Crippen molar-refractivity contribution in [1.82, 2.24) is 5.32 Å². The number of primary sulfonamides is 1. The average Bonchev–Trinajstić information content (AvgIpc) is 2.42. The molecule has 6 heteroatoms. The average molecular weight is 312 g/mol. The molecule has 0 heterocycles. The van der Waals surface area contributed by atoms with E-state index in [1.165, 1.54) is 12.1 Å². The standard InChI is InChI=1S/C15H24N2O3S/c1-4-15(2,3)14(18)17-11-5-6-12-7-9-13(10-8-12)21(16,19)20/h7-10H,4-6,11H2,1-3H3,(H,17,18)(H2,16,19,20). The van der Waals surface area contributed by atoms with Crippen LogP contribution in [0, 0.1) is 5.41 Å². The fraction of sp³-hybridized carbons (Fsp3) is 0.533. The maximum atomic E-state index is 11.9. The number of nitrogens with one attached hydrogen (secondary N) is 1. The van der Waals surface area contributed by atoms with E-state index in [1.54, 1.807) is 12.1 Å². The number of benzene rings is 1. The lowest BCUT2D eigenvalue weighted by molar-refractivity contribution is -0.129. The molecule has 0 aliphatic carbocycles. The number of hydrogen-bond donors (Lipinski definition) is 2. The summed E-state index contributed by atoms with van der Waals surface area (Å²) in [5, 5.41) is 7.97. The Hall–Kier alpha value is -1.40. The smallest absolute Gasteiger partial charge is 0.238 e. The van der Waals surface area contributed by atoms with Crippen molar-refractivity contribution >= 4 is 15.9 Å². The number of aryl methyl sites for hydroxylation is 1. The van der Waals surface area contributed by atoms with Gasteiger partial charge in [0, 0.05) is 12.0 Å². The molecule has 0 atom stereocenters. The lowest BCUT2D eigenvalue weighted by atomic mass is 9.89. The lowest BCUT2D eigenvalue weighted by Gasteiger charge is -2.21. The first-order valence-corrected chi connectivity index (χ1v) is 8.61. The molecular weight excluding hydrogens is 288 g/mol. The Morgan fingerprint density at radius 2 is 1.81 bits per heavy atom. The first kappa shape index (κ1) is 17.7. The SMILES string of the molecule is CCC(C)(C)C(=O)NCCCc1ccc(S(N)(=O)=O)cc1. The van der Waals surface area contributed by atoms with Crippen LogP contribution in [0.3, 0.4) is 0 Å². The Bertz CT molecular complexity index is 577. The van der Waals surface area contributed by atoms with E-state index in [9.17, 15) is 13.2 Å². The molecule has 1 amide bonds. The Kier molecular flexibility index (Phi) is 5.92. The molecule has 21 heavy (non-hydrogen) atoms. The third-order valence-corrected chi connectivity index (χ3v) is 4.61. The highest BCUT2D eigenvalue weighted by Crippen LogP contribution is 2.19. The van der Waals surface area contributed by atoms with Crippen molar-refractivity contribution < 1.29 is 13.2 Å². The van der Waals surface area contributed by atoms with Gasteiger partial charge in [-0.2, -0.15) is 0 Å². The summed E-state index contributed by atoms with van der Waals surface area (Å²) in [6.45, 7) is 6.45. The topological polar surface area (TPSA) is 89.3 Å². The van der Waals surface area contributed by atoms with Crippen LogP contribution in [0.15, 0.2) is 29.2 Å². The lowest BCUT2D eigenvalue weighted by Crippen LogP contribution is -2.37. The number of carbonyl (C=O) groups is 1. The van der Waals surface area contributed by atoms with Crippen molar-refractivity contribution in [1.29, 1.82) is 0 Å². The second kappa shape index (κ2) is 7.04. The van der Waals surface area contributed by atoms with E-state index in [0.717, 1.165) is 24.8 Å². The Balaban J connectivity index is 2.42. The molecule has 0 aromatic heterocycles. The first-order chi connectivity index (χ1) is 9.66. The van der Waals surface area contributed by atoms with Gasteiger partial charge < -0.3 is 5.32 Å². The second-order valence-electron chi connectivity index (χ2n) is 5.79. The number of carbonyl (C=O) groups excluding carboxylic acids is 1. The summed E-state index contributed by atoms with van der Waals surface area (Å²) in [7, 11) is -3.63. The molecule has 0 fully saturated rings. The van der Waals surface area contributed by atoms with Crippen molar-refractivity contribution in [2.24, 2.45) is 10.6 Å². The number of rotatable bonds is 7. The van der Waals surface area contributed by atoms with Crippen LogP contribution in [0.5, 0.6) is 0 Å². The van der Waals surface area contributed by atoms with Gasteiger partial charge in [0.1, 0.15) is 0 Å². The van der Waals surface area contributed by atoms with Crippen LogP contribution < -0.4 is 10.5 Å². The van der Waals surface area contributed by atoms with Gasteiger partial charge >= 0.3 is 0 Å². The Morgan fingerprint density at radius 1 is 1.24 bits per heavy atom. The molecule has 118 valence electrons. The summed E-state index contributed by atoms with van der Waals surface area (Å²) < 4.78 is 22.3. The van der Waals surface area contributed by atoms with E-state index in [2.05, 4.69) is 5.32 Å². The molecule has 0 spiro atoms. The van der Waals surface area contributed by atoms with E-state index in [-0.39, 0.29) is 16.2 Å². The molecule has 3 N–H and O–H groups in total. The highest BCUT2D eigenvalue weighted by molar-refractivity contribution is 7.89. The van der Waals surface area contributed by atoms with Crippen molar-refractivity contribution in [2.45, 2.75) is 44.9 Å². The van der Waals surface area contributed by atoms with Crippen LogP contribution in [-0.2, 0) is 21.2 Å². The Morgan fingerprint density at radius 3 is 2.29 bits per heavy atom.